The number of fused-ring (bicyclic) bond motifs is 3. The molecular weight excluding hydrogens is 574 g/mol. The number of ether oxygens (including phenoxy) is 2. The molecule has 2 amide bonds. The number of methoxy groups -OCH3 is 1. The van der Waals surface area contributed by atoms with Gasteiger partial charge in [0.1, 0.15) is 23.1 Å². The number of allylic oxidation sites excluding steroid dienone is 1. The largest absolute Gasteiger partial charge is 0.496 e. The Morgan fingerprint density at radius 3 is 2.58 bits per heavy atom. The molecule has 3 aromatic rings. The van der Waals surface area contributed by atoms with Crippen molar-refractivity contribution in [3.63, 3.8) is 0 Å². The van der Waals surface area contributed by atoms with Gasteiger partial charge in [-0.2, -0.15) is 5.10 Å². The summed E-state index contributed by atoms with van der Waals surface area (Å²) < 4.78 is 14.0. The number of aliphatic carboxylic acids is 1. The van der Waals surface area contributed by atoms with Crippen molar-refractivity contribution in [1.82, 2.24) is 25.0 Å². The maximum atomic E-state index is 13.8. The minimum atomic E-state index is -1.33. The van der Waals surface area contributed by atoms with Gasteiger partial charge in [0, 0.05) is 42.2 Å². The van der Waals surface area contributed by atoms with Gasteiger partial charge in [-0.15, -0.1) is 0 Å². The monoisotopic (exact) mass is 615 g/mol. The van der Waals surface area contributed by atoms with Gasteiger partial charge in [-0.3, -0.25) is 9.59 Å². The molecule has 1 aliphatic heterocycles. The van der Waals surface area contributed by atoms with E-state index in [4.69, 9.17) is 14.5 Å². The summed E-state index contributed by atoms with van der Waals surface area (Å²) in [6, 6.07) is 7.60. The zero-order valence-corrected chi connectivity index (χ0v) is 26.5. The summed E-state index contributed by atoms with van der Waals surface area (Å²) in [4.78, 5) is 46.5. The SMILES string of the molecule is COc1ccc2c(OC3CC4C(=O)NC5(C(=O)O)CC5/C=C\CCCCN(C)C(=O)C4C3)cc(-n3nc(C)cc3C)nc2c1C. The van der Waals surface area contributed by atoms with Gasteiger partial charge in [0.15, 0.2) is 5.82 Å². The summed E-state index contributed by atoms with van der Waals surface area (Å²) >= 11 is 0. The molecule has 0 saturated heterocycles. The topological polar surface area (TPSA) is 136 Å². The maximum absolute atomic E-state index is 13.8. The third-order valence-corrected chi connectivity index (χ3v) is 9.65. The van der Waals surface area contributed by atoms with Gasteiger partial charge in [0.25, 0.3) is 0 Å². The number of carbonyl (C=O) groups is 3. The molecule has 0 radical (unpaired) electrons. The second kappa shape index (κ2) is 11.8. The van der Waals surface area contributed by atoms with E-state index in [1.807, 2.05) is 57.2 Å². The Balaban J connectivity index is 1.36. The fraction of sp³-hybridized carbons (Fsp3) is 0.500. The number of rotatable bonds is 5. The smallest absolute Gasteiger partial charge is 0.330 e. The van der Waals surface area contributed by atoms with Gasteiger partial charge < -0.3 is 24.8 Å². The lowest BCUT2D eigenvalue weighted by Crippen LogP contribution is -2.49. The molecule has 3 aliphatic rings. The second-order valence-electron chi connectivity index (χ2n) is 12.8. The van der Waals surface area contributed by atoms with Gasteiger partial charge in [-0.25, -0.2) is 14.5 Å². The van der Waals surface area contributed by atoms with Crippen LogP contribution in [0.3, 0.4) is 0 Å². The Kier molecular flexibility index (Phi) is 8.05. The standard InChI is InChI=1S/C34H41N5O6/c1-19-14-20(2)39(37-19)29-17-28(24-11-12-27(44-5)21(3)30(24)35-29)45-23-15-25-26(16-23)32(41)38(4)13-9-7-6-8-10-22-18-34(22,33(42)43)36-31(25)40/h8,10-12,14,17,22-23,25-26H,6-7,9,13,15-16,18H2,1-5H3,(H,36,40)(H,42,43)/b10-8-. The first-order valence-corrected chi connectivity index (χ1v) is 15.7. The molecule has 45 heavy (non-hydrogen) atoms. The number of carbonyl (C=O) groups excluding carboxylic acids is 2. The Hall–Kier alpha value is -4.41. The Bertz CT molecular complexity index is 1700. The van der Waals surface area contributed by atoms with E-state index in [0.29, 0.717) is 42.2 Å². The molecule has 11 nitrogen and oxygen atoms in total. The molecule has 2 aliphatic carbocycles. The van der Waals surface area contributed by atoms with Crippen LogP contribution < -0.4 is 14.8 Å². The van der Waals surface area contributed by atoms with Crippen molar-refractivity contribution < 1.29 is 29.0 Å². The molecule has 2 N–H and O–H groups in total. The fourth-order valence-corrected chi connectivity index (χ4v) is 7.02. The number of hydrogen-bond donors (Lipinski definition) is 2. The third kappa shape index (κ3) is 5.64. The number of carboxylic acid groups (broad SMARTS) is 1. The lowest BCUT2D eigenvalue weighted by Gasteiger charge is -2.26. The molecule has 11 heteroatoms. The van der Waals surface area contributed by atoms with Crippen LogP contribution >= 0.6 is 0 Å². The maximum Gasteiger partial charge on any atom is 0.330 e. The van der Waals surface area contributed by atoms with Gasteiger partial charge in [0.2, 0.25) is 11.8 Å². The first kappa shape index (κ1) is 30.6. The van der Waals surface area contributed by atoms with Crippen LogP contribution in [0.25, 0.3) is 16.7 Å². The highest BCUT2D eigenvalue weighted by molar-refractivity contribution is 5.94. The number of aromatic nitrogens is 3. The molecule has 1 aromatic carbocycles. The van der Waals surface area contributed by atoms with Crippen molar-refractivity contribution in [1.29, 1.82) is 0 Å². The van der Waals surface area contributed by atoms with Crippen LogP contribution in [0, 0.1) is 38.5 Å². The van der Waals surface area contributed by atoms with E-state index < -0.39 is 35.4 Å². The Labute approximate surface area is 262 Å². The van der Waals surface area contributed by atoms with E-state index >= 15 is 0 Å². The highest BCUT2D eigenvalue weighted by Gasteiger charge is 2.61. The van der Waals surface area contributed by atoms with Gasteiger partial charge in [-0.05, 0) is 77.5 Å². The molecule has 2 saturated carbocycles. The summed E-state index contributed by atoms with van der Waals surface area (Å²) in [6.07, 6.45) is 6.92. The summed E-state index contributed by atoms with van der Waals surface area (Å²) in [5, 5.41) is 18.3. The van der Waals surface area contributed by atoms with Crippen molar-refractivity contribution in [2.75, 3.05) is 20.7 Å². The van der Waals surface area contributed by atoms with Crippen LogP contribution in [0.4, 0.5) is 0 Å². The molecule has 2 aromatic heterocycles. The quantitative estimate of drug-likeness (QED) is 0.406. The number of carboxylic acids is 1. The fourth-order valence-electron chi connectivity index (χ4n) is 7.02. The van der Waals surface area contributed by atoms with E-state index in [1.54, 1.807) is 23.7 Å². The summed E-state index contributed by atoms with van der Waals surface area (Å²) in [5.41, 5.74) is 2.00. The summed E-state index contributed by atoms with van der Waals surface area (Å²) in [7, 11) is 3.39. The van der Waals surface area contributed by atoms with Crippen LogP contribution in [0.1, 0.15) is 55.5 Å². The number of pyridine rings is 1. The van der Waals surface area contributed by atoms with Gasteiger partial charge in [-0.1, -0.05) is 12.2 Å². The number of nitrogens with zero attached hydrogens (tertiary/aromatic N) is 4. The molecular formula is C34H41N5O6. The minimum Gasteiger partial charge on any atom is -0.496 e. The predicted octanol–water partition coefficient (Wildman–Crippen LogP) is 4.29. The highest BCUT2D eigenvalue weighted by atomic mass is 16.5. The third-order valence-electron chi connectivity index (χ3n) is 9.65. The molecule has 5 atom stereocenters. The van der Waals surface area contributed by atoms with Crippen molar-refractivity contribution in [2.24, 2.45) is 17.8 Å². The van der Waals surface area contributed by atoms with Crippen LogP contribution in [0.15, 0.2) is 36.4 Å². The van der Waals surface area contributed by atoms with E-state index in [2.05, 4.69) is 10.4 Å². The predicted molar refractivity (Wildman–Crippen MR) is 168 cm³/mol. The van der Waals surface area contributed by atoms with Crippen LogP contribution in [-0.2, 0) is 14.4 Å². The normalized spacial score (nSPS) is 27.7. The Morgan fingerprint density at radius 2 is 1.87 bits per heavy atom. The number of amides is 2. The van der Waals surface area contributed by atoms with Crippen molar-refractivity contribution in [3.05, 3.63) is 53.4 Å². The summed E-state index contributed by atoms with van der Waals surface area (Å²) in [5.74, 6) is -1.34. The van der Waals surface area contributed by atoms with Crippen LogP contribution in [0.5, 0.6) is 11.5 Å². The first-order valence-electron chi connectivity index (χ1n) is 15.7. The molecule has 2 fully saturated rings. The number of aryl methyl sites for hydroxylation is 3. The second-order valence-corrected chi connectivity index (χ2v) is 12.8. The van der Waals surface area contributed by atoms with Gasteiger partial charge >= 0.3 is 5.97 Å². The Morgan fingerprint density at radius 1 is 1.09 bits per heavy atom. The lowest BCUT2D eigenvalue weighted by atomic mass is 9.93. The van der Waals surface area contributed by atoms with Crippen molar-refractivity contribution >= 4 is 28.7 Å². The number of hydrogen-bond acceptors (Lipinski definition) is 7. The molecule has 6 rings (SSSR count). The minimum absolute atomic E-state index is 0.117. The average Bonchev–Trinajstić information content (AvgIpc) is 3.35. The zero-order chi connectivity index (χ0) is 32.0. The average molecular weight is 616 g/mol. The van der Waals surface area contributed by atoms with E-state index in [-0.39, 0.29) is 18.2 Å². The molecule has 3 heterocycles. The van der Waals surface area contributed by atoms with Crippen molar-refractivity contribution in [3.8, 4) is 17.3 Å². The molecule has 0 spiro atoms. The highest BCUT2D eigenvalue weighted by Crippen LogP contribution is 2.47. The van der Waals surface area contributed by atoms with Crippen LogP contribution in [-0.4, -0.2) is 74.9 Å². The molecule has 0 bridgehead atoms. The molecule has 238 valence electrons. The zero-order valence-electron chi connectivity index (χ0n) is 26.5. The van der Waals surface area contributed by atoms with Gasteiger partial charge in [0.05, 0.1) is 30.2 Å². The molecule has 5 unspecified atom stereocenters. The summed E-state index contributed by atoms with van der Waals surface area (Å²) in [6.45, 7) is 6.42. The van der Waals surface area contributed by atoms with E-state index in [1.165, 1.54) is 0 Å². The first-order chi connectivity index (χ1) is 21.5. The van der Waals surface area contributed by atoms with Crippen LogP contribution in [0.2, 0.25) is 0 Å². The van der Waals surface area contributed by atoms with E-state index in [0.717, 1.165) is 41.6 Å². The lowest BCUT2D eigenvalue weighted by molar-refractivity contribution is -0.145. The number of benzene rings is 1. The number of nitrogens with one attached hydrogen (secondary N) is 1. The van der Waals surface area contributed by atoms with Crippen molar-refractivity contribution in [2.45, 2.75) is 70.9 Å². The van der Waals surface area contributed by atoms with E-state index in [9.17, 15) is 19.5 Å².